The van der Waals surface area contributed by atoms with Crippen molar-refractivity contribution < 1.29 is 18.0 Å². The van der Waals surface area contributed by atoms with Gasteiger partial charge in [0.2, 0.25) is 15.9 Å². The van der Waals surface area contributed by atoms with Crippen LogP contribution in [0.1, 0.15) is 17.5 Å². The molecule has 2 aliphatic rings. The van der Waals surface area contributed by atoms with Crippen LogP contribution < -0.4 is 4.90 Å². The summed E-state index contributed by atoms with van der Waals surface area (Å²) < 4.78 is 27.5. The van der Waals surface area contributed by atoms with Crippen LogP contribution >= 0.6 is 11.6 Å². The number of benzene rings is 2. The Kier molecular flexibility index (Phi) is 5.91. The number of halogens is 1. The number of anilines is 1. The molecule has 0 aromatic heterocycles. The third-order valence-corrected chi connectivity index (χ3v) is 8.18. The lowest BCUT2D eigenvalue weighted by Gasteiger charge is -2.36. The number of sulfonamides is 1. The second-order valence-corrected chi connectivity index (χ2v) is 10.3. The Hall–Kier alpha value is -2.26. The van der Waals surface area contributed by atoms with E-state index in [1.54, 1.807) is 36.4 Å². The van der Waals surface area contributed by atoms with Crippen molar-refractivity contribution >= 4 is 39.1 Å². The number of carbonyl (C=O) groups is 2. The highest BCUT2D eigenvalue weighted by molar-refractivity contribution is 7.89. The number of hydrogen-bond acceptors (Lipinski definition) is 5. The summed E-state index contributed by atoms with van der Waals surface area (Å²) in [6, 6.07) is 11.1. The lowest BCUT2D eigenvalue weighted by atomic mass is 10.1. The van der Waals surface area contributed by atoms with E-state index >= 15 is 0 Å². The van der Waals surface area contributed by atoms with E-state index in [1.165, 1.54) is 9.21 Å². The Labute approximate surface area is 187 Å². The van der Waals surface area contributed by atoms with Crippen LogP contribution in [-0.4, -0.2) is 61.7 Å². The van der Waals surface area contributed by atoms with Gasteiger partial charge in [0, 0.05) is 31.2 Å². The highest BCUT2D eigenvalue weighted by Gasteiger charge is 2.44. The van der Waals surface area contributed by atoms with E-state index in [-0.39, 0.29) is 36.2 Å². The molecule has 0 spiro atoms. The van der Waals surface area contributed by atoms with Crippen LogP contribution in [0.2, 0.25) is 5.02 Å². The van der Waals surface area contributed by atoms with Crippen molar-refractivity contribution in [3.05, 3.63) is 58.6 Å². The Bertz CT molecular complexity index is 1130. The van der Waals surface area contributed by atoms with Crippen molar-refractivity contribution in [1.82, 2.24) is 9.21 Å². The molecule has 2 fully saturated rings. The van der Waals surface area contributed by atoms with Gasteiger partial charge in [-0.15, -0.1) is 0 Å². The minimum atomic E-state index is -3.60. The fourth-order valence-electron chi connectivity index (χ4n) is 4.04. The third kappa shape index (κ3) is 4.13. The SMILES string of the molecule is Cc1ccc(S(=O)(=O)N2CCN([C@@H]3CC(=O)N(c4ccc(Cl)cc4)C3=O)CC2)cc1C. The average molecular weight is 462 g/mol. The number of rotatable bonds is 4. The molecular formula is C22H24ClN3O4S. The zero-order valence-corrected chi connectivity index (χ0v) is 19.0. The molecule has 1 atom stereocenters. The molecule has 2 aromatic rings. The summed E-state index contributed by atoms with van der Waals surface area (Å²) in [5, 5.41) is 0.528. The van der Waals surface area contributed by atoms with Gasteiger partial charge in [0.1, 0.15) is 0 Å². The van der Waals surface area contributed by atoms with Gasteiger partial charge in [-0.3, -0.25) is 14.5 Å². The fourth-order valence-corrected chi connectivity index (χ4v) is 5.68. The molecule has 0 bridgehead atoms. The van der Waals surface area contributed by atoms with E-state index in [4.69, 9.17) is 11.6 Å². The molecule has 0 N–H and O–H groups in total. The van der Waals surface area contributed by atoms with Crippen molar-refractivity contribution in [3.8, 4) is 0 Å². The van der Waals surface area contributed by atoms with Crippen LogP contribution in [0.25, 0.3) is 0 Å². The molecular weight excluding hydrogens is 438 g/mol. The molecule has 9 heteroatoms. The highest BCUT2D eigenvalue weighted by atomic mass is 35.5. The monoisotopic (exact) mass is 461 g/mol. The Morgan fingerprint density at radius 3 is 2.16 bits per heavy atom. The first-order chi connectivity index (χ1) is 14.7. The number of piperazine rings is 1. The summed E-state index contributed by atoms with van der Waals surface area (Å²) >= 11 is 5.90. The summed E-state index contributed by atoms with van der Waals surface area (Å²) in [6.45, 7) is 5.16. The zero-order valence-electron chi connectivity index (χ0n) is 17.4. The van der Waals surface area contributed by atoms with Crippen LogP contribution in [-0.2, 0) is 19.6 Å². The van der Waals surface area contributed by atoms with Crippen molar-refractivity contribution in [1.29, 1.82) is 0 Å². The number of amides is 2. The highest BCUT2D eigenvalue weighted by Crippen LogP contribution is 2.28. The molecule has 164 valence electrons. The predicted molar refractivity (Wildman–Crippen MR) is 119 cm³/mol. The normalized spacial score (nSPS) is 21.1. The van der Waals surface area contributed by atoms with Gasteiger partial charge in [0.15, 0.2) is 0 Å². The average Bonchev–Trinajstić information content (AvgIpc) is 3.05. The molecule has 4 rings (SSSR count). The third-order valence-electron chi connectivity index (χ3n) is 6.04. The topological polar surface area (TPSA) is 78.0 Å². The quantitative estimate of drug-likeness (QED) is 0.654. The second-order valence-electron chi connectivity index (χ2n) is 7.95. The minimum absolute atomic E-state index is 0.0887. The summed E-state index contributed by atoms with van der Waals surface area (Å²) in [5.74, 6) is -0.541. The fraction of sp³-hybridized carbons (Fsp3) is 0.364. The summed E-state index contributed by atoms with van der Waals surface area (Å²) in [4.78, 5) is 28.9. The summed E-state index contributed by atoms with van der Waals surface area (Å²) in [6.07, 6.45) is 0.0887. The van der Waals surface area contributed by atoms with Gasteiger partial charge in [-0.05, 0) is 61.4 Å². The van der Waals surface area contributed by atoms with Gasteiger partial charge in [-0.2, -0.15) is 4.31 Å². The van der Waals surface area contributed by atoms with Crippen LogP contribution in [0.15, 0.2) is 47.4 Å². The van der Waals surface area contributed by atoms with Gasteiger partial charge in [-0.1, -0.05) is 17.7 Å². The number of hydrogen-bond donors (Lipinski definition) is 0. The van der Waals surface area contributed by atoms with Crippen LogP contribution in [0, 0.1) is 13.8 Å². The molecule has 0 saturated carbocycles. The maximum Gasteiger partial charge on any atom is 0.251 e. The van der Waals surface area contributed by atoms with Crippen LogP contribution in [0.5, 0.6) is 0 Å². The standard InChI is InChI=1S/C22H24ClN3O4S/c1-15-3-8-19(13-16(15)2)31(29,30)25-11-9-24(10-12-25)20-14-21(27)26(22(20)28)18-6-4-17(23)5-7-18/h3-8,13,20H,9-12,14H2,1-2H3/t20-/m1/s1. The Balaban J connectivity index is 1.45. The van der Waals surface area contributed by atoms with Gasteiger partial charge in [-0.25, -0.2) is 13.3 Å². The number of aryl methyl sites for hydroxylation is 2. The number of imide groups is 1. The lowest BCUT2D eigenvalue weighted by molar-refractivity contribution is -0.123. The maximum absolute atomic E-state index is 13.0. The lowest BCUT2D eigenvalue weighted by Crippen LogP contribution is -2.53. The molecule has 7 nitrogen and oxygen atoms in total. The smallest absolute Gasteiger partial charge is 0.251 e. The van der Waals surface area contributed by atoms with E-state index in [1.807, 2.05) is 24.8 Å². The van der Waals surface area contributed by atoms with Gasteiger partial charge < -0.3 is 0 Å². The molecule has 31 heavy (non-hydrogen) atoms. The largest absolute Gasteiger partial charge is 0.289 e. The zero-order chi connectivity index (χ0) is 22.3. The van der Waals surface area contributed by atoms with Crippen molar-refractivity contribution in [2.75, 3.05) is 31.1 Å². The van der Waals surface area contributed by atoms with Crippen molar-refractivity contribution in [2.24, 2.45) is 0 Å². The molecule has 0 radical (unpaired) electrons. The Morgan fingerprint density at radius 2 is 1.55 bits per heavy atom. The van der Waals surface area contributed by atoms with E-state index in [0.29, 0.717) is 23.8 Å². The maximum atomic E-state index is 13.0. The van der Waals surface area contributed by atoms with Crippen LogP contribution in [0.4, 0.5) is 5.69 Å². The molecule has 2 aromatic carbocycles. The number of nitrogens with zero attached hydrogens (tertiary/aromatic N) is 3. The molecule has 2 aliphatic heterocycles. The summed E-state index contributed by atoms with van der Waals surface area (Å²) in [5.41, 5.74) is 2.47. The molecule has 0 aliphatic carbocycles. The van der Waals surface area contributed by atoms with Gasteiger partial charge >= 0.3 is 0 Å². The summed E-state index contributed by atoms with van der Waals surface area (Å²) in [7, 11) is -3.60. The van der Waals surface area contributed by atoms with E-state index in [0.717, 1.165) is 11.1 Å². The molecule has 2 saturated heterocycles. The molecule has 2 heterocycles. The molecule has 0 unspecified atom stereocenters. The minimum Gasteiger partial charge on any atom is -0.289 e. The van der Waals surface area contributed by atoms with E-state index in [2.05, 4.69) is 0 Å². The van der Waals surface area contributed by atoms with E-state index in [9.17, 15) is 18.0 Å². The van der Waals surface area contributed by atoms with Crippen molar-refractivity contribution in [2.45, 2.75) is 31.2 Å². The van der Waals surface area contributed by atoms with Gasteiger partial charge in [0.25, 0.3) is 5.91 Å². The molecule has 2 amide bonds. The van der Waals surface area contributed by atoms with E-state index < -0.39 is 16.1 Å². The first-order valence-corrected chi connectivity index (χ1v) is 11.9. The first kappa shape index (κ1) is 22.0. The van der Waals surface area contributed by atoms with Crippen LogP contribution in [0.3, 0.4) is 0 Å². The van der Waals surface area contributed by atoms with Gasteiger partial charge in [0.05, 0.1) is 23.0 Å². The second kappa shape index (κ2) is 8.35. The van der Waals surface area contributed by atoms with Crippen molar-refractivity contribution in [3.63, 3.8) is 0 Å². The Morgan fingerprint density at radius 1 is 0.903 bits per heavy atom. The number of carbonyl (C=O) groups excluding carboxylic acids is 2. The first-order valence-electron chi connectivity index (χ1n) is 10.1. The predicted octanol–water partition coefficient (Wildman–Crippen LogP) is 2.60.